The number of hydrogen-bond acceptors (Lipinski definition) is 5. The molecule has 1 aliphatic heterocycles. The van der Waals surface area contributed by atoms with E-state index in [2.05, 4.69) is 18.7 Å². The van der Waals surface area contributed by atoms with Crippen LogP contribution in [0.5, 0.6) is 5.75 Å². The Morgan fingerprint density at radius 1 is 1.03 bits per heavy atom. The third kappa shape index (κ3) is 4.90. The van der Waals surface area contributed by atoms with E-state index in [1.165, 1.54) is 0 Å². The van der Waals surface area contributed by atoms with Gasteiger partial charge in [0.1, 0.15) is 11.5 Å². The second-order valence-electron chi connectivity index (χ2n) is 8.50. The molecule has 35 heavy (non-hydrogen) atoms. The molecule has 1 fully saturated rings. The van der Waals surface area contributed by atoms with E-state index in [1.54, 1.807) is 36.3 Å². The van der Waals surface area contributed by atoms with Gasteiger partial charge in [-0.25, -0.2) is 0 Å². The molecule has 1 atom stereocenters. The van der Waals surface area contributed by atoms with Crippen molar-refractivity contribution in [1.29, 1.82) is 0 Å². The van der Waals surface area contributed by atoms with Crippen molar-refractivity contribution < 1.29 is 19.4 Å². The summed E-state index contributed by atoms with van der Waals surface area (Å²) in [7, 11) is 1.61. The molecule has 7 heteroatoms. The third-order valence-corrected chi connectivity index (χ3v) is 6.81. The van der Waals surface area contributed by atoms with Crippen LogP contribution < -0.4 is 4.74 Å². The number of rotatable bonds is 8. The van der Waals surface area contributed by atoms with E-state index < -0.39 is 17.7 Å². The van der Waals surface area contributed by atoms with E-state index in [9.17, 15) is 14.7 Å². The number of halogens is 1. The molecular weight excluding hydrogens is 464 g/mol. The SMILES string of the molecule is CCN(CC)CCN1C(=O)C(=O)/C(=C(/O)c2ccc3cc(OC)ccc3c2)C1c1cccc(Cl)c1. The van der Waals surface area contributed by atoms with Crippen LogP contribution in [0.15, 0.2) is 66.2 Å². The minimum absolute atomic E-state index is 0.0738. The van der Waals surface area contributed by atoms with Crippen molar-refractivity contribution in [2.45, 2.75) is 19.9 Å². The molecule has 1 aliphatic rings. The number of likely N-dealkylation sites (tertiary alicyclic amines) is 1. The zero-order chi connectivity index (χ0) is 25.1. The number of ketones is 1. The van der Waals surface area contributed by atoms with Gasteiger partial charge in [0.2, 0.25) is 0 Å². The second kappa shape index (κ2) is 10.5. The fraction of sp³-hybridized carbons (Fsp3) is 0.286. The highest BCUT2D eigenvalue weighted by Crippen LogP contribution is 2.40. The molecule has 0 radical (unpaired) electrons. The molecule has 4 rings (SSSR count). The van der Waals surface area contributed by atoms with E-state index in [0.29, 0.717) is 29.2 Å². The summed E-state index contributed by atoms with van der Waals surface area (Å²) < 4.78 is 5.29. The maximum Gasteiger partial charge on any atom is 0.295 e. The molecule has 0 spiro atoms. The Hall–Kier alpha value is -3.35. The minimum atomic E-state index is -0.726. The molecule has 1 N–H and O–H groups in total. The molecular formula is C28H29ClN2O4. The van der Waals surface area contributed by atoms with E-state index in [4.69, 9.17) is 16.3 Å². The van der Waals surface area contributed by atoms with Crippen LogP contribution in [-0.2, 0) is 9.59 Å². The maximum atomic E-state index is 13.3. The zero-order valence-electron chi connectivity index (χ0n) is 20.1. The van der Waals surface area contributed by atoms with Crippen molar-refractivity contribution in [3.05, 3.63) is 82.4 Å². The lowest BCUT2D eigenvalue weighted by atomic mass is 9.94. The third-order valence-electron chi connectivity index (χ3n) is 6.58. The number of benzene rings is 3. The fourth-order valence-corrected chi connectivity index (χ4v) is 4.78. The second-order valence-corrected chi connectivity index (χ2v) is 8.94. The molecule has 0 aliphatic carbocycles. The number of carbonyl (C=O) groups excluding carboxylic acids is 2. The number of ether oxygens (including phenoxy) is 1. The molecule has 0 saturated carbocycles. The van der Waals surface area contributed by atoms with Gasteiger partial charge in [-0.3, -0.25) is 9.59 Å². The number of aliphatic hydroxyl groups is 1. The number of nitrogens with zero attached hydrogens (tertiary/aromatic N) is 2. The summed E-state index contributed by atoms with van der Waals surface area (Å²) >= 11 is 6.27. The smallest absolute Gasteiger partial charge is 0.295 e. The van der Waals surface area contributed by atoms with Crippen molar-refractivity contribution in [1.82, 2.24) is 9.80 Å². The first-order valence-electron chi connectivity index (χ1n) is 11.7. The van der Waals surface area contributed by atoms with Crippen LogP contribution in [0, 0.1) is 0 Å². The van der Waals surface area contributed by atoms with Crippen LogP contribution in [-0.4, -0.2) is 59.9 Å². The Morgan fingerprint density at radius 3 is 2.43 bits per heavy atom. The summed E-state index contributed by atoms with van der Waals surface area (Å²) in [4.78, 5) is 30.1. The maximum absolute atomic E-state index is 13.3. The van der Waals surface area contributed by atoms with Crippen molar-refractivity contribution >= 4 is 39.8 Å². The number of carbonyl (C=O) groups is 2. The van der Waals surface area contributed by atoms with E-state index in [0.717, 1.165) is 29.6 Å². The molecule has 6 nitrogen and oxygen atoms in total. The number of amides is 1. The van der Waals surface area contributed by atoms with Crippen molar-refractivity contribution in [3.63, 3.8) is 0 Å². The van der Waals surface area contributed by atoms with Crippen LogP contribution in [0.4, 0.5) is 0 Å². The number of fused-ring (bicyclic) bond motifs is 1. The van der Waals surface area contributed by atoms with Gasteiger partial charge in [-0.2, -0.15) is 0 Å². The first-order valence-corrected chi connectivity index (χ1v) is 12.1. The van der Waals surface area contributed by atoms with E-state index in [-0.39, 0.29) is 11.3 Å². The van der Waals surface area contributed by atoms with Gasteiger partial charge in [-0.05, 0) is 59.8 Å². The van der Waals surface area contributed by atoms with Gasteiger partial charge in [0.05, 0.1) is 18.7 Å². The molecule has 1 unspecified atom stereocenters. The molecule has 1 heterocycles. The Kier molecular flexibility index (Phi) is 7.43. The summed E-state index contributed by atoms with van der Waals surface area (Å²) in [5.41, 5.74) is 1.23. The van der Waals surface area contributed by atoms with Gasteiger partial charge < -0.3 is 19.6 Å². The molecule has 3 aromatic carbocycles. The zero-order valence-corrected chi connectivity index (χ0v) is 20.9. The van der Waals surface area contributed by atoms with Gasteiger partial charge in [0.25, 0.3) is 11.7 Å². The lowest BCUT2D eigenvalue weighted by Gasteiger charge is -2.28. The first-order chi connectivity index (χ1) is 16.9. The van der Waals surface area contributed by atoms with Gasteiger partial charge in [-0.1, -0.05) is 55.8 Å². The standard InChI is InChI=1S/C28H29ClN2O4/c1-4-30(5-2)13-14-31-25(20-7-6-8-22(29)16-20)24(27(33)28(31)34)26(32)21-10-9-19-17-23(35-3)12-11-18(19)15-21/h6-12,15-17,25,32H,4-5,13-14H2,1-3H3/b26-24+. The van der Waals surface area contributed by atoms with E-state index >= 15 is 0 Å². The largest absolute Gasteiger partial charge is 0.507 e. The number of hydrogen-bond donors (Lipinski definition) is 1. The predicted octanol–water partition coefficient (Wildman–Crippen LogP) is 5.27. The van der Waals surface area contributed by atoms with Crippen molar-refractivity contribution in [2.75, 3.05) is 33.3 Å². The Bertz CT molecular complexity index is 1300. The highest BCUT2D eigenvalue weighted by atomic mass is 35.5. The lowest BCUT2D eigenvalue weighted by molar-refractivity contribution is -0.140. The average Bonchev–Trinajstić information content (AvgIpc) is 3.13. The van der Waals surface area contributed by atoms with Crippen molar-refractivity contribution in [3.8, 4) is 5.75 Å². The van der Waals surface area contributed by atoms with Gasteiger partial charge in [0, 0.05) is 23.7 Å². The topological polar surface area (TPSA) is 70.1 Å². The summed E-state index contributed by atoms with van der Waals surface area (Å²) in [6.45, 7) is 6.77. The summed E-state index contributed by atoms with van der Waals surface area (Å²) in [5, 5.41) is 13.7. The van der Waals surface area contributed by atoms with Crippen LogP contribution in [0.2, 0.25) is 5.02 Å². The molecule has 1 saturated heterocycles. The molecule has 0 bridgehead atoms. The molecule has 3 aromatic rings. The number of aliphatic hydroxyl groups excluding tert-OH is 1. The average molecular weight is 493 g/mol. The number of likely N-dealkylation sites (N-methyl/N-ethyl adjacent to an activating group) is 1. The van der Waals surface area contributed by atoms with Crippen LogP contribution >= 0.6 is 11.6 Å². The minimum Gasteiger partial charge on any atom is -0.507 e. The summed E-state index contributed by atoms with van der Waals surface area (Å²) in [6, 6.07) is 17.4. The number of methoxy groups -OCH3 is 1. The van der Waals surface area contributed by atoms with Crippen LogP contribution in [0.3, 0.4) is 0 Å². The lowest BCUT2D eigenvalue weighted by Crippen LogP contribution is -2.38. The number of Topliss-reactive ketones (excluding diaryl/α,β-unsaturated/α-hetero) is 1. The van der Waals surface area contributed by atoms with Gasteiger partial charge in [-0.15, -0.1) is 0 Å². The monoisotopic (exact) mass is 492 g/mol. The fourth-order valence-electron chi connectivity index (χ4n) is 4.58. The van der Waals surface area contributed by atoms with Crippen LogP contribution in [0.1, 0.15) is 31.0 Å². The highest BCUT2D eigenvalue weighted by Gasteiger charge is 2.46. The summed E-state index contributed by atoms with van der Waals surface area (Å²) in [5.74, 6) is -0.776. The first kappa shape index (κ1) is 24.8. The Labute approximate surface area is 210 Å². The molecule has 0 aromatic heterocycles. The quantitative estimate of drug-likeness (QED) is 0.264. The Morgan fingerprint density at radius 2 is 1.74 bits per heavy atom. The van der Waals surface area contributed by atoms with Crippen molar-refractivity contribution in [2.24, 2.45) is 0 Å². The predicted molar refractivity (Wildman–Crippen MR) is 139 cm³/mol. The molecule has 182 valence electrons. The molecule has 1 amide bonds. The van der Waals surface area contributed by atoms with E-state index in [1.807, 2.05) is 36.4 Å². The summed E-state index contributed by atoms with van der Waals surface area (Å²) in [6.07, 6.45) is 0. The van der Waals surface area contributed by atoms with Gasteiger partial charge in [0.15, 0.2) is 0 Å². The normalized spacial score (nSPS) is 17.5. The Balaban J connectivity index is 1.81. The van der Waals surface area contributed by atoms with Crippen LogP contribution in [0.25, 0.3) is 16.5 Å². The van der Waals surface area contributed by atoms with Gasteiger partial charge >= 0.3 is 0 Å². The highest BCUT2D eigenvalue weighted by molar-refractivity contribution is 6.46.